The number of ether oxygens (including phenoxy) is 2. The summed E-state index contributed by atoms with van der Waals surface area (Å²) < 4.78 is 36.7. The molecule has 0 radical (unpaired) electrons. The molecule has 0 heterocycles. The van der Waals surface area contributed by atoms with E-state index in [4.69, 9.17) is 9.47 Å². The molecule has 1 rings (SSSR count). The van der Waals surface area contributed by atoms with Gasteiger partial charge in [-0.05, 0) is 28.4 Å². The number of benzene rings is 1. The molecule has 0 fully saturated rings. The minimum absolute atomic E-state index is 0.272. The molecule has 0 aliphatic rings. The van der Waals surface area contributed by atoms with Crippen molar-refractivity contribution in [3.8, 4) is 0 Å². The molecule has 0 aliphatic carbocycles. The highest BCUT2D eigenvalue weighted by atomic mass is 79.9. The zero-order valence-corrected chi connectivity index (χ0v) is 11.7. The number of hydrogen-bond acceptors (Lipinski definition) is 3. The minimum atomic E-state index is -0.609. The standard InChI is InChI=1S/C12H16BrF2NO2/c1-17-5-6-18-4-2-3-16-12-10(13)7-9(14)8-11(12)15/h7-8,16H,2-6H2,1H3. The van der Waals surface area contributed by atoms with E-state index in [0.29, 0.717) is 30.8 Å². The molecule has 1 aromatic carbocycles. The van der Waals surface area contributed by atoms with Crippen LogP contribution < -0.4 is 5.32 Å². The lowest BCUT2D eigenvalue weighted by Gasteiger charge is -2.10. The summed E-state index contributed by atoms with van der Waals surface area (Å²) in [6.45, 7) is 2.22. The molecule has 102 valence electrons. The molecule has 1 N–H and O–H groups in total. The van der Waals surface area contributed by atoms with Gasteiger partial charge in [-0.3, -0.25) is 0 Å². The molecule has 0 unspecified atom stereocenters. The second kappa shape index (κ2) is 8.39. The Morgan fingerprint density at radius 1 is 1.22 bits per heavy atom. The first-order chi connectivity index (χ1) is 8.65. The van der Waals surface area contributed by atoms with Gasteiger partial charge in [0.1, 0.15) is 11.6 Å². The number of rotatable bonds is 8. The van der Waals surface area contributed by atoms with E-state index in [1.54, 1.807) is 7.11 Å². The Bertz CT molecular complexity index is 354. The molecule has 0 saturated carbocycles. The van der Waals surface area contributed by atoms with E-state index in [2.05, 4.69) is 21.2 Å². The molecule has 0 spiro atoms. The molecule has 0 aromatic heterocycles. The molecule has 6 heteroatoms. The third-order valence-electron chi connectivity index (χ3n) is 2.21. The first kappa shape index (κ1) is 15.3. The Labute approximate surface area is 114 Å². The maximum Gasteiger partial charge on any atom is 0.150 e. The maximum absolute atomic E-state index is 13.4. The number of methoxy groups -OCH3 is 1. The average Bonchev–Trinajstić information content (AvgIpc) is 2.30. The van der Waals surface area contributed by atoms with Gasteiger partial charge in [0, 0.05) is 30.8 Å². The fraction of sp³-hybridized carbons (Fsp3) is 0.500. The van der Waals surface area contributed by atoms with Crippen molar-refractivity contribution in [2.75, 3.05) is 38.8 Å². The predicted octanol–water partition coefficient (Wildman–Crippen LogP) is 3.19. The highest BCUT2D eigenvalue weighted by molar-refractivity contribution is 9.10. The first-order valence-corrected chi connectivity index (χ1v) is 6.39. The number of anilines is 1. The van der Waals surface area contributed by atoms with E-state index >= 15 is 0 Å². The van der Waals surface area contributed by atoms with Crippen molar-refractivity contribution in [1.29, 1.82) is 0 Å². The molecule has 0 amide bonds. The Balaban J connectivity index is 2.27. The van der Waals surface area contributed by atoms with Gasteiger partial charge in [-0.15, -0.1) is 0 Å². The van der Waals surface area contributed by atoms with Crippen LogP contribution in [-0.4, -0.2) is 33.5 Å². The van der Waals surface area contributed by atoms with Gasteiger partial charge in [0.25, 0.3) is 0 Å². The molecule has 1 aromatic rings. The Kier molecular flexibility index (Phi) is 7.15. The summed E-state index contributed by atoms with van der Waals surface area (Å²) in [6, 6.07) is 2.07. The first-order valence-electron chi connectivity index (χ1n) is 5.60. The van der Waals surface area contributed by atoms with E-state index in [9.17, 15) is 8.78 Å². The van der Waals surface area contributed by atoms with E-state index < -0.39 is 11.6 Å². The van der Waals surface area contributed by atoms with Crippen LogP contribution in [0.4, 0.5) is 14.5 Å². The van der Waals surface area contributed by atoms with Crippen molar-refractivity contribution in [1.82, 2.24) is 0 Å². The summed E-state index contributed by atoms with van der Waals surface area (Å²) >= 11 is 3.11. The summed E-state index contributed by atoms with van der Waals surface area (Å²) in [5.74, 6) is -1.21. The maximum atomic E-state index is 13.4. The van der Waals surface area contributed by atoms with Gasteiger partial charge in [0.2, 0.25) is 0 Å². The van der Waals surface area contributed by atoms with Gasteiger partial charge in [0.15, 0.2) is 0 Å². The van der Waals surface area contributed by atoms with Crippen molar-refractivity contribution < 1.29 is 18.3 Å². The van der Waals surface area contributed by atoms with Crippen molar-refractivity contribution >= 4 is 21.6 Å². The van der Waals surface area contributed by atoms with Crippen LogP contribution in [0.1, 0.15) is 6.42 Å². The summed E-state index contributed by atoms with van der Waals surface area (Å²) in [5.41, 5.74) is 0.272. The van der Waals surface area contributed by atoms with Gasteiger partial charge in [-0.1, -0.05) is 0 Å². The molecule has 0 aliphatic heterocycles. The zero-order valence-electron chi connectivity index (χ0n) is 10.1. The SMILES string of the molecule is COCCOCCCNc1c(F)cc(F)cc1Br. The van der Waals surface area contributed by atoms with E-state index in [1.165, 1.54) is 6.07 Å². The Hall–Kier alpha value is -0.720. The van der Waals surface area contributed by atoms with Crippen LogP contribution in [0.2, 0.25) is 0 Å². The van der Waals surface area contributed by atoms with Crippen LogP contribution in [0.25, 0.3) is 0 Å². The fourth-order valence-corrected chi connectivity index (χ4v) is 1.89. The van der Waals surface area contributed by atoms with Gasteiger partial charge in [-0.2, -0.15) is 0 Å². The van der Waals surface area contributed by atoms with Crippen LogP contribution in [0.15, 0.2) is 16.6 Å². The van der Waals surface area contributed by atoms with Crippen LogP contribution in [0.5, 0.6) is 0 Å². The topological polar surface area (TPSA) is 30.5 Å². The summed E-state index contributed by atoms with van der Waals surface area (Å²) in [6.07, 6.45) is 0.729. The zero-order chi connectivity index (χ0) is 13.4. The molecular weight excluding hydrogens is 308 g/mol. The van der Waals surface area contributed by atoms with Crippen LogP contribution in [0.3, 0.4) is 0 Å². The van der Waals surface area contributed by atoms with E-state index in [0.717, 1.165) is 12.5 Å². The third-order valence-corrected chi connectivity index (χ3v) is 2.83. The van der Waals surface area contributed by atoms with Crippen LogP contribution >= 0.6 is 15.9 Å². The van der Waals surface area contributed by atoms with Crippen molar-refractivity contribution in [2.45, 2.75) is 6.42 Å². The number of halogens is 3. The average molecular weight is 324 g/mol. The molecule has 0 saturated heterocycles. The smallest absolute Gasteiger partial charge is 0.150 e. The molecule has 0 atom stereocenters. The molecule has 18 heavy (non-hydrogen) atoms. The van der Waals surface area contributed by atoms with Crippen LogP contribution in [0, 0.1) is 11.6 Å². The molecule has 0 bridgehead atoms. The van der Waals surface area contributed by atoms with Crippen molar-refractivity contribution in [2.24, 2.45) is 0 Å². The largest absolute Gasteiger partial charge is 0.382 e. The van der Waals surface area contributed by atoms with E-state index in [-0.39, 0.29) is 5.69 Å². The fourth-order valence-electron chi connectivity index (χ4n) is 1.34. The summed E-state index contributed by atoms with van der Waals surface area (Å²) in [5, 5.41) is 2.90. The van der Waals surface area contributed by atoms with Gasteiger partial charge < -0.3 is 14.8 Å². The Morgan fingerprint density at radius 3 is 2.67 bits per heavy atom. The highest BCUT2D eigenvalue weighted by Crippen LogP contribution is 2.26. The summed E-state index contributed by atoms with van der Waals surface area (Å²) in [4.78, 5) is 0. The normalized spacial score (nSPS) is 10.7. The molecule has 3 nitrogen and oxygen atoms in total. The van der Waals surface area contributed by atoms with E-state index in [1.807, 2.05) is 0 Å². The lowest BCUT2D eigenvalue weighted by molar-refractivity contribution is 0.0705. The number of nitrogens with one attached hydrogen (secondary N) is 1. The third kappa shape index (κ3) is 5.29. The van der Waals surface area contributed by atoms with Gasteiger partial charge >= 0.3 is 0 Å². The molecular formula is C12H16BrF2NO2. The monoisotopic (exact) mass is 323 g/mol. The highest BCUT2D eigenvalue weighted by Gasteiger charge is 2.08. The Morgan fingerprint density at radius 2 is 2.00 bits per heavy atom. The summed E-state index contributed by atoms with van der Waals surface area (Å²) in [7, 11) is 1.61. The second-order valence-electron chi connectivity index (χ2n) is 3.63. The van der Waals surface area contributed by atoms with Crippen molar-refractivity contribution in [3.63, 3.8) is 0 Å². The predicted molar refractivity (Wildman–Crippen MR) is 69.9 cm³/mol. The quantitative estimate of drug-likeness (QED) is 0.745. The van der Waals surface area contributed by atoms with Crippen molar-refractivity contribution in [3.05, 3.63) is 28.2 Å². The minimum Gasteiger partial charge on any atom is -0.382 e. The lowest BCUT2D eigenvalue weighted by atomic mass is 10.3. The van der Waals surface area contributed by atoms with Crippen LogP contribution in [-0.2, 0) is 9.47 Å². The second-order valence-corrected chi connectivity index (χ2v) is 4.48. The van der Waals surface area contributed by atoms with Gasteiger partial charge in [-0.25, -0.2) is 8.78 Å². The van der Waals surface area contributed by atoms with Gasteiger partial charge in [0.05, 0.1) is 18.9 Å². The number of hydrogen-bond donors (Lipinski definition) is 1. The lowest BCUT2D eigenvalue weighted by Crippen LogP contribution is -2.09.